The van der Waals surface area contributed by atoms with Gasteiger partial charge in [-0.1, -0.05) is 12.1 Å². The number of ketones is 1. The predicted octanol–water partition coefficient (Wildman–Crippen LogP) is 1.52. The molecule has 2 heterocycles. The van der Waals surface area contributed by atoms with Gasteiger partial charge in [-0.25, -0.2) is 4.39 Å². The number of nitrogens with zero attached hydrogens (tertiary/aromatic N) is 1. The van der Waals surface area contributed by atoms with Gasteiger partial charge in [0.2, 0.25) is 5.91 Å². The van der Waals surface area contributed by atoms with Crippen LogP contribution in [0.5, 0.6) is 0 Å². The van der Waals surface area contributed by atoms with Crippen LogP contribution in [0, 0.1) is 5.82 Å². The zero-order chi connectivity index (χ0) is 17.1. The number of hydrogen-bond acceptors (Lipinski definition) is 4. The molecule has 1 N–H and O–H groups in total. The molecule has 1 saturated heterocycles. The van der Waals surface area contributed by atoms with E-state index < -0.39 is 17.7 Å². The molecule has 0 saturated carbocycles. The van der Waals surface area contributed by atoms with Crippen LogP contribution in [-0.2, 0) is 16.1 Å². The van der Waals surface area contributed by atoms with Crippen LogP contribution in [0.3, 0.4) is 0 Å². The fraction of sp³-hybridized carbons (Fsp3) is 0.235. The second-order valence-electron chi connectivity index (χ2n) is 5.59. The number of Topliss-reactive ketones (excluding diaryl/α,β-unsaturated/α-hetero) is 1. The summed E-state index contributed by atoms with van der Waals surface area (Å²) in [4.78, 5) is 37.3. The van der Waals surface area contributed by atoms with Crippen LogP contribution in [0.25, 0.3) is 0 Å². The molecule has 24 heavy (non-hydrogen) atoms. The van der Waals surface area contributed by atoms with Crippen molar-refractivity contribution in [1.29, 1.82) is 0 Å². The summed E-state index contributed by atoms with van der Waals surface area (Å²) in [6.07, 6.45) is 1.41. The maximum atomic E-state index is 13.2. The van der Waals surface area contributed by atoms with E-state index in [9.17, 15) is 18.8 Å². The Bertz CT molecular complexity index is 773. The van der Waals surface area contributed by atoms with Crippen LogP contribution in [0.2, 0.25) is 0 Å². The Morgan fingerprint density at radius 2 is 2.12 bits per heavy atom. The summed E-state index contributed by atoms with van der Waals surface area (Å²) >= 11 is 0. The fourth-order valence-electron chi connectivity index (χ4n) is 2.65. The monoisotopic (exact) mass is 330 g/mol. The number of nitrogens with one attached hydrogen (secondary N) is 1. The van der Waals surface area contributed by atoms with E-state index in [4.69, 9.17) is 4.42 Å². The van der Waals surface area contributed by atoms with Crippen molar-refractivity contribution in [3.8, 4) is 0 Å². The lowest BCUT2D eigenvalue weighted by Crippen LogP contribution is -2.40. The Hall–Kier alpha value is -2.96. The first-order valence-electron chi connectivity index (χ1n) is 7.44. The standard InChI is InChI=1S/C17H15FN2O4/c18-12-4-1-3-11(7-12)9-20-10-13(8-15(20)21)19-17(23)16(22)14-5-2-6-24-14/h1-7,13H,8-10H2,(H,19,23)/t13-/m1/s1. The first-order chi connectivity index (χ1) is 11.5. The van der Waals surface area contributed by atoms with Gasteiger partial charge in [-0.05, 0) is 29.8 Å². The van der Waals surface area contributed by atoms with Crippen LogP contribution < -0.4 is 5.32 Å². The molecule has 7 heteroatoms. The van der Waals surface area contributed by atoms with Crippen molar-refractivity contribution in [3.63, 3.8) is 0 Å². The largest absolute Gasteiger partial charge is 0.461 e. The van der Waals surface area contributed by atoms with Gasteiger partial charge in [0, 0.05) is 19.5 Å². The summed E-state index contributed by atoms with van der Waals surface area (Å²) in [5.74, 6) is -2.16. The second kappa shape index (κ2) is 6.66. The molecule has 0 radical (unpaired) electrons. The number of hydrogen-bond donors (Lipinski definition) is 1. The molecule has 6 nitrogen and oxygen atoms in total. The average molecular weight is 330 g/mol. The van der Waals surface area contributed by atoms with Gasteiger partial charge in [-0.3, -0.25) is 14.4 Å². The molecular weight excluding hydrogens is 315 g/mol. The minimum atomic E-state index is -0.810. The van der Waals surface area contributed by atoms with E-state index in [0.29, 0.717) is 5.56 Å². The van der Waals surface area contributed by atoms with Gasteiger partial charge in [0.25, 0.3) is 11.7 Å². The molecule has 1 aromatic carbocycles. The highest BCUT2D eigenvalue weighted by molar-refractivity contribution is 6.42. The van der Waals surface area contributed by atoms with Gasteiger partial charge in [-0.2, -0.15) is 0 Å². The molecule has 3 rings (SSSR count). The molecule has 2 aromatic rings. The summed E-state index contributed by atoms with van der Waals surface area (Å²) in [6, 6.07) is 8.45. The molecule has 1 fully saturated rings. The Balaban J connectivity index is 1.58. The Morgan fingerprint density at radius 1 is 1.29 bits per heavy atom. The van der Waals surface area contributed by atoms with E-state index in [0.717, 1.165) is 0 Å². The predicted molar refractivity (Wildman–Crippen MR) is 81.4 cm³/mol. The third-order valence-electron chi connectivity index (χ3n) is 3.76. The van der Waals surface area contributed by atoms with E-state index >= 15 is 0 Å². The Labute approximate surface area is 137 Å². The zero-order valence-corrected chi connectivity index (χ0v) is 12.7. The lowest BCUT2D eigenvalue weighted by atomic mass is 10.2. The highest BCUT2D eigenvalue weighted by atomic mass is 19.1. The number of carbonyl (C=O) groups excluding carboxylic acids is 3. The van der Waals surface area contributed by atoms with Gasteiger partial charge in [0.1, 0.15) is 5.82 Å². The Kier molecular flexibility index (Phi) is 4.41. The van der Waals surface area contributed by atoms with E-state index in [1.54, 1.807) is 12.1 Å². The second-order valence-corrected chi connectivity index (χ2v) is 5.59. The molecule has 0 bridgehead atoms. The molecule has 0 aliphatic carbocycles. The van der Waals surface area contributed by atoms with Crippen LogP contribution in [0.1, 0.15) is 22.5 Å². The van der Waals surface area contributed by atoms with Crippen LogP contribution in [0.4, 0.5) is 4.39 Å². The smallest absolute Gasteiger partial charge is 0.296 e. The summed E-state index contributed by atoms with van der Waals surface area (Å²) in [5.41, 5.74) is 0.669. The van der Waals surface area contributed by atoms with E-state index in [1.807, 2.05) is 0 Å². The van der Waals surface area contributed by atoms with Crippen LogP contribution >= 0.6 is 0 Å². The number of halogens is 1. The summed E-state index contributed by atoms with van der Waals surface area (Å²) < 4.78 is 18.1. The molecule has 1 aliphatic heterocycles. The first-order valence-corrected chi connectivity index (χ1v) is 7.44. The summed E-state index contributed by atoms with van der Waals surface area (Å²) in [5, 5.41) is 2.54. The van der Waals surface area contributed by atoms with Crippen molar-refractivity contribution in [1.82, 2.24) is 10.2 Å². The number of rotatable bonds is 5. The van der Waals surface area contributed by atoms with Crippen LogP contribution in [-0.4, -0.2) is 35.1 Å². The van der Waals surface area contributed by atoms with E-state index in [-0.39, 0.29) is 37.0 Å². The lowest BCUT2D eigenvalue weighted by Gasteiger charge is -2.17. The number of benzene rings is 1. The van der Waals surface area contributed by atoms with Gasteiger partial charge >= 0.3 is 0 Å². The first kappa shape index (κ1) is 15.9. The topological polar surface area (TPSA) is 79.6 Å². The fourth-order valence-corrected chi connectivity index (χ4v) is 2.65. The van der Waals surface area contributed by atoms with Crippen LogP contribution in [0.15, 0.2) is 47.1 Å². The van der Waals surface area contributed by atoms with Gasteiger partial charge in [0.15, 0.2) is 5.76 Å². The van der Waals surface area contributed by atoms with Gasteiger partial charge in [-0.15, -0.1) is 0 Å². The summed E-state index contributed by atoms with van der Waals surface area (Å²) in [7, 11) is 0. The highest BCUT2D eigenvalue weighted by Gasteiger charge is 2.32. The normalized spacial score (nSPS) is 17.1. The van der Waals surface area contributed by atoms with Crippen molar-refractivity contribution >= 4 is 17.6 Å². The molecule has 1 aliphatic rings. The van der Waals surface area contributed by atoms with E-state index in [2.05, 4.69) is 5.32 Å². The minimum absolute atomic E-state index is 0.0477. The zero-order valence-electron chi connectivity index (χ0n) is 12.7. The highest BCUT2D eigenvalue weighted by Crippen LogP contribution is 2.16. The van der Waals surface area contributed by atoms with Crippen molar-refractivity contribution in [3.05, 3.63) is 59.8 Å². The van der Waals surface area contributed by atoms with Crippen molar-refractivity contribution in [2.24, 2.45) is 0 Å². The number of amides is 2. The maximum Gasteiger partial charge on any atom is 0.296 e. The molecule has 0 unspecified atom stereocenters. The van der Waals surface area contributed by atoms with Gasteiger partial charge < -0.3 is 14.6 Å². The molecule has 1 aromatic heterocycles. The van der Waals surface area contributed by atoms with Gasteiger partial charge in [0.05, 0.1) is 12.3 Å². The minimum Gasteiger partial charge on any atom is -0.461 e. The molecular formula is C17H15FN2O4. The van der Waals surface area contributed by atoms with Crippen molar-refractivity contribution in [2.75, 3.05) is 6.54 Å². The third-order valence-corrected chi connectivity index (χ3v) is 3.76. The third kappa shape index (κ3) is 3.51. The number of carbonyl (C=O) groups is 3. The molecule has 1 atom stereocenters. The quantitative estimate of drug-likeness (QED) is 0.666. The summed E-state index contributed by atoms with van der Waals surface area (Å²) in [6.45, 7) is 0.529. The SMILES string of the molecule is O=C(N[C@@H]1CC(=O)N(Cc2cccc(F)c2)C1)C(=O)c1ccco1. The van der Waals surface area contributed by atoms with E-state index in [1.165, 1.54) is 35.4 Å². The van der Waals surface area contributed by atoms with Crippen molar-refractivity contribution in [2.45, 2.75) is 19.0 Å². The number of likely N-dealkylation sites (tertiary alicyclic amines) is 1. The molecule has 124 valence electrons. The molecule has 0 spiro atoms. The Morgan fingerprint density at radius 3 is 2.83 bits per heavy atom. The lowest BCUT2D eigenvalue weighted by molar-refractivity contribution is -0.128. The average Bonchev–Trinajstić information content (AvgIpc) is 3.17. The van der Waals surface area contributed by atoms with Crippen molar-refractivity contribution < 1.29 is 23.2 Å². The maximum absolute atomic E-state index is 13.2. The number of furan rings is 1. The molecule has 2 amide bonds.